The van der Waals surface area contributed by atoms with Crippen LogP contribution in [0, 0.1) is 0 Å². The number of pyridine rings is 1. The summed E-state index contributed by atoms with van der Waals surface area (Å²) in [4.78, 5) is 29.1. The SMILES string of the molecule is O=c1ccc2cn([C@@H]3O[C@H](CO)C(O)[C@@H]3F)c(=O)nc2[nH]1. The number of nitrogens with one attached hydrogen (secondary N) is 1. The van der Waals surface area contributed by atoms with Gasteiger partial charge >= 0.3 is 5.69 Å². The van der Waals surface area contributed by atoms with Crippen molar-refractivity contribution in [2.45, 2.75) is 24.6 Å². The number of hydrogen-bond donors (Lipinski definition) is 3. The number of H-pyrrole nitrogens is 1. The summed E-state index contributed by atoms with van der Waals surface area (Å²) in [7, 11) is 0. The molecule has 0 spiro atoms. The molecule has 3 N–H and O–H groups in total. The highest BCUT2D eigenvalue weighted by Crippen LogP contribution is 2.30. The number of halogens is 1. The van der Waals surface area contributed by atoms with Crippen LogP contribution in [-0.2, 0) is 4.74 Å². The van der Waals surface area contributed by atoms with Crippen molar-refractivity contribution in [3.63, 3.8) is 0 Å². The summed E-state index contributed by atoms with van der Waals surface area (Å²) >= 11 is 0. The minimum atomic E-state index is -1.87. The summed E-state index contributed by atoms with van der Waals surface area (Å²) in [5, 5.41) is 19.0. The van der Waals surface area contributed by atoms with E-state index in [1.54, 1.807) is 0 Å². The Morgan fingerprint density at radius 1 is 1.43 bits per heavy atom. The number of aromatic nitrogens is 3. The summed E-state index contributed by atoms with van der Waals surface area (Å²) in [5.41, 5.74) is -1.16. The molecule has 112 valence electrons. The van der Waals surface area contributed by atoms with Gasteiger partial charge in [-0.2, -0.15) is 4.98 Å². The molecule has 0 bridgehead atoms. The molecule has 1 unspecified atom stereocenters. The molecule has 0 saturated carbocycles. The molecule has 2 aromatic rings. The first-order valence-electron chi connectivity index (χ1n) is 6.22. The molecule has 0 amide bonds. The topological polar surface area (TPSA) is 117 Å². The summed E-state index contributed by atoms with van der Waals surface area (Å²) in [5.74, 6) is 0. The lowest BCUT2D eigenvalue weighted by atomic mass is 10.1. The van der Waals surface area contributed by atoms with E-state index in [-0.39, 0.29) is 5.65 Å². The van der Waals surface area contributed by atoms with Crippen LogP contribution in [-0.4, -0.2) is 49.7 Å². The number of ether oxygens (including phenoxy) is 1. The number of alkyl halides is 1. The van der Waals surface area contributed by atoms with Gasteiger partial charge in [-0.3, -0.25) is 9.36 Å². The van der Waals surface area contributed by atoms with E-state index in [9.17, 15) is 19.1 Å². The average Bonchev–Trinajstić information content (AvgIpc) is 2.74. The quantitative estimate of drug-likeness (QED) is 0.632. The van der Waals surface area contributed by atoms with Crippen LogP contribution >= 0.6 is 0 Å². The van der Waals surface area contributed by atoms with Gasteiger partial charge in [-0.05, 0) is 6.07 Å². The molecule has 1 saturated heterocycles. The van der Waals surface area contributed by atoms with Gasteiger partial charge in [0.15, 0.2) is 12.4 Å². The molecule has 3 heterocycles. The number of nitrogens with zero attached hydrogens (tertiary/aromatic N) is 2. The molecule has 3 rings (SSSR count). The lowest BCUT2D eigenvalue weighted by Gasteiger charge is -2.16. The third-order valence-electron chi connectivity index (χ3n) is 3.38. The average molecular weight is 297 g/mol. The van der Waals surface area contributed by atoms with E-state index in [1.807, 2.05) is 0 Å². The predicted molar refractivity (Wildman–Crippen MR) is 68.5 cm³/mol. The van der Waals surface area contributed by atoms with Crippen molar-refractivity contribution in [2.24, 2.45) is 0 Å². The van der Waals surface area contributed by atoms with Crippen LogP contribution in [0.5, 0.6) is 0 Å². The zero-order valence-electron chi connectivity index (χ0n) is 10.6. The zero-order chi connectivity index (χ0) is 15.1. The zero-order valence-corrected chi connectivity index (χ0v) is 10.6. The van der Waals surface area contributed by atoms with E-state index in [4.69, 9.17) is 9.84 Å². The van der Waals surface area contributed by atoms with E-state index in [2.05, 4.69) is 9.97 Å². The fourth-order valence-corrected chi connectivity index (χ4v) is 2.29. The largest absolute Gasteiger partial charge is 0.394 e. The Bertz CT molecular complexity index is 788. The molecule has 1 aliphatic rings. The summed E-state index contributed by atoms with van der Waals surface area (Å²) in [6.45, 7) is -0.568. The van der Waals surface area contributed by atoms with Gasteiger partial charge in [-0.1, -0.05) is 0 Å². The van der Waals surface area contributed by atoms with Gasteiger partial charge in [-0.25, -0.2) is 9.18 Å². The number of aliphatic hydroxyl groups is 2. The molecule has 2 aromatic heterocycles. The fraction of sp³-hybridized carbons (Fsp3) is 0.417. The number of aromatic amines is 1. The smallest absolute Gasteiger partial charge is 0.351 e. The van der Waals surface area contributed by atoms with Gasteiger partial charge in [0.05, 0.1) is 6.61 Å². The maximum absolute atomic E-state index is 14.0. The van der Waals surface area contributed by atoms with E-state index < -0.39 is 42.5 Å². The van der Waals surface area contributed by atoms with Crippen molar-refractivity contribution >= 4 is 11.0 Å². The lowest BCUT2D eigenvalue weighted by Crippen LogP contribution is -2.33. The van der Waals surface area contributed by atoms with Crippen LogP contribution in [0.1, 0.15) is 6.23 Å². The molecular formula is C12H12FN3O5. The Morgan fingerprint density at radius 3 is 2.86 bits per heavy atom. The first kappa shape index (κ1) is 13.9. The summed E-state index contributed by atoms with van der Waals surface area (Å²) < 4.78 is 20.1. The van der Waals surface area contributed by atoms with Crippen molar-refractivity contribution in [3.8, 4) is 0 Å². The second-order valence-corrected chi connectivity index (χ2v) is 4.74. The standard InChI is InChI=1S/C12H12FN3O5/c13-8-9(19)6(4-17)21-11(8)16-3-5-1-2-7(18)14-10(5)15-12(16)20/h1-3,6,8-9,11,17,19H,4H2,(H,14,15,18,20)/t6-,8+,9?,11-/m1/s1. The maximum Gasteiger partial charge on any atom is 0.351 e. The van der Waals surface area contributed by atoms with Crippen LogP contribution in [0.15, 0.2) is 27.9 Å². The normalized spacial score (nSPS) is 29.1. The Kier molecular flexibility index (Phi) is 3.32. The molecular weight excluding hydrogens is 285 g/mol. The van der Waals surface area contributed by atoms with Crippen molar-refractivity contribution in [3.05, 3.63) is 39.2 Å². The molecule has 21 heavy (non-hydrogen) atoms. The van der Waals surface area contributed by atoms with Gasteiger partial charge < -0.3 is 19.9 Å². The van der Waals surface area contributed by atoms with Gasteiger partial charge in [0.25, 0.3) is 0 Å². The van der Waals surface area contributed by atoms with Crippen LogP contribution in [0.3, 0.4) is 0 Å². The summed E-state index contributed by atoms with van der Waals surface area (Å²) in [6, 6.07) is 2.67. The molecule has 1 aliphatic heterocycles. The minimum Gasteiger partial charge on any atom is -0.394 e. The monoisotopic (exact) mass is 297 g/mol. The Morgan fingerprint density at radius 2 is 2.19 bits per heavy atom. The van der Waals surface area contributed by atoms with E-state index in [1.165, 1.54) is 18.3 Å². The van der Waals surface area contributed by atoms with Gasteiger partial charge in [-0.15, -0.1) is 0 Å². The highest BCUT2D eigenvalue weighted by atomic mass is 19.1. The van der Waals surface area contributed by atoms with E-state index in [0.717, 1.165) is 4.57 Å². The molecule has 4 atom stereocenters. The second kappa shape index (κ2) is 5.02. The maximum atomic E-state index is 14.0. The lowest BCUT2D eigenvalue weighted by molar-refractivity contribution is -0.0489. The van der Waals surface area contributed by atoms with Gasteiger partial charge in [0.1, 0.15) is 17.9 Å². The van der Waals surface area contributed by atoms with Crippen molar-refractivity contribution < 1.29 is 19.3 Å². The Hall–Kier alpha value is -2.10. The van der Waals surface area contributed by atoms with Crippen molar-refractivity contribution in [1.29, 1.82) is 0 Å². The van der Waals surface area contributed by atoms with Crippen LogP contribution in [0.2, 0.25) is 0 Å². The Balaban J connectivity index is 2.09. The second-order valence-electron chi connectivity index (χ2n) is 4.74. The molecule has 0 aliphatic carbocycles. The van der Waals surface area contributed by atoms with E-state index in [0.29, 0.717) is 5.39 Å². The van der Waals surface area contributed by atoms with Crippen LogP contribution < -0.4 is 11.2 Å². The fourth-order valence-electron chi connectivity index (χ4n) is 2.29. The van der Waals surface area contributed by atoms with Crippen molar-refractivity contribution in [1.82, 2.24) is 14.5 Å². The molecule has 1 fully saturated rings. The highest BCUT2D eigenvalue weighted by Gasteiger charge is 2.45. The van der Waals surface area contributed by atoms with Crippen LogP contribution in [0.25, 0.3) is 11.0 Å². The molecule has 9 heteroatoms. The first-order chi connectivity index (χ1) is 10.0. The molecule has 8 nitrogen and oxygen atoms in total. The van der Waals surface area contributed by atoms with Crippen molar-refractivity contribution in [2.75, 3.05) is 6.61 Å². The third-order valence-corrected chi connectivity index (χ3v) is 3.38. The van der Waals surface area contributed by atoms with Crippen LogP contribution in [0.4, 0.5) is 4.39 Å². The highest BCUT2D eigenvalue weighted by molar-refractivity contribution is 5.72. The van der Waals surface area contributed by atoms with Gasteiger partial charge in [0, 0.05) is 17.6 Å². The number of fused-ring (bicyclic) bond motifs is 1. The summed E-state index contributed by atoms with van der Waals surface area (Å²) in [6.07, 6.45) is -4.61. The number of aliphatic hydroxyl groups excluding tert-OH is 2. The number of rotatable bonds is 2. The predicted octanol–water partition coefficient (Wildman–Crippen LogP) is -1.33. The first-order valence-corrected chi connectivity index (χ1v) is 6.22. The van der Waals surface area contributed by atoms with E-state index >= 15 is 0 Å². The molecule has 0 radical (unpaired) electrons. The Labute approximate surface area is 116 Å². The number of hydrogen-bond acceptors (Lipinski definition) is 6. The minimum absolute atomic E-state index is 0.0800. The van der Waals surface area contributed by atoms with Gasteiger partial charge in [0.2, 0.25) is 5.56 Å². The molecule has 0 aromatic carbocycles. The third kappa shape index (κ3) is 2.24.